The number of rotatable bonds is 2. The van der Waals surface area contributed by atoms with Crippen LogP contribution in [-0.2, 0) is 0 Å². The van der Waals surface area contributed by atoms with Crippen LogP contribution in [0.4, 0.5) is 0 Å². The molecular formula is C15H18BrN3O. The molecule has 20 heavy (non-hydrogen) atoms. The van der Waals surface area contributed by atoms with E-state index in [2.05, 4.69) is 52.1 Å². The van der Waals surface area contributed by atoms with Gasteiger partial charge in [-0.1, -0.05) is 21.1 Å². The minimum absolute atomic E-state index is 0.271. The number of hydrogen-bond donors (Lipinski definition) is 1. The van der Waals surface area contributed by atoms with Crippen LogP contribution in [0.5, 0.6) is 0 Å². The second-order valence-electron chi connectivity index (χ2n) is 5.65. The molecule has 1 aliphatic carbocycles. The number of nitrogens with zero attached hydrogens (tertiary/aromatic N) is 2. The summed E-state index contributed by atoms with van der Waals surface area (Å²) >= 11 is 3.57. The zero-order chi connectivity index (χ0) is 14.3. The van der Waals surface area contributed by atoms with Gasteiger partial charge in [0.05, 0.1) is 0 Å². The van der Waals surface area contributed by atoms with Gasteiger partial charge in [0.2, 0.25) is 11.7 Å². The number of aryl methyl sites for hydroxylation is 2. The van der Waals surface area contributed by atoms with Crippen molar-refractivity contribution in [2.75, 3.05) is 0 Å². The van der Waals surface area contributed by atoms with Crippen LogP contribution in [0.2, 0.25) is 0 Å². The Morgan fingerprint density at radius 3 is 2.55 bits per heavy atom. The van der Waals surface area contributed by atoms with Crippen molar-refractivity contribution in [3.63, 3.8) is 0 Å². The van der Waals surface area contributed by atoms with E-state index in [1.54, 1.807) is 0 Å². The number of aromatic nitrogens is 2. The van der Waals surface area contributed by atoms with E-state index in [4.69, 9.17) is 10.3 Å². The summed E-state index contributed by atoms with van der Waals surface area (Å²) in [5.41, 5.74) is 9.29. The first-order chi connectivity index (χ1) is 9.54. The standard InChI is InChI=1S/C15H18BrN3O/c1-8-5-11(6-9(2)13(8)16)14-18-15(20-19-14)10-3-4-12(17)7-10/h5-6,10,12H,3-4,7,17H2,1-2H3/t10-,12+/m1/s1. The highest BCUT2D eigenvalue weighted by Crippen LogP contribution is 2.34. The monoisotopic (exact) mass is 335 g/mol. The lowest BCUT2D eigenvalue weighted by molar-refractivity contribution is 0.353. The first-order valence-corrected chi connectivity index (χ1v) is 7.70. The molecule has 0 spiro atoms. The maximum Gasteiger partial charge on any atom is 0.230 e. The topological polar surface area (TPSA) is 64.9 Å². The third kappa shape index (κ3) is 2.52. The summed E-state index contributed by atoms with van der Waals surface area (Å²) in [6.45, 7) is 4.13. The minimum atomic E-state index is 0.271. The van der Waals surface area contributed by atoms with Gasteiger partial charge in [0.25, 0.3) is 0 Å². The lowest BCUT2D eigenvalue weighted by Gasteiger charge is -2.05. The van der Waals surface area contributed by atoms with E-state index in [-0.39, 0.29) is 6.04 Å². The molecule has 3 rings (SSSR count). The molecule has 5 heteroatoms. The summed E-state index contributed by atoms with van der Waals surface area (Å²) in [5.74, 6) is 1.72. The third-order valence-electron chi connectivity index (χ3n) is 3.96. The summed E-state index contributed by atoms with van der Waals surface area (Å²) in [5, 5.41) is 4.13. The van der Waals surface area contributed by atoms with Crippen molar-refractivity contribution in [3.8, 4) is 11.4 Å². The van der Waals surface area contributed by atoms with Gasteiger partial charge in [-0.2, -0.15) is 4.98 Å². The molecule has 1 aromatic carbocycles. The first kappa shape index (κ1) is 13.8. The fourth-order valence-electron chi connectivity index (χ4n) is 2.83. The molecule has 0 unspecified atom stereocenters. The predicted octanol–water partition coefficient (Wildman–Crippen LogP) is 3.71. The van der Waals surface area contributed by atoms with E-state index in [1.165, 1.54) is 11.1 Å². The van der Waals surface area contributed by atoms with Gasteiger partial charge in [0, 0.05) is 22.0 Å². The predicted molar refractivity (Wildman–Crippen MR) is 81.5 cm³/mol. The molecule has 106 valence electrons. The van der Waals surface area contributed by atoms with Gasteiger partial charge in [-0.25, -0.2) is 0 Å². The van der Waals surface area contributed by atoms with Crippen molar-refractivity contribution in [2.45, 2.75) is 45.1 Å². The maximum absolute atomic E-state index is 5.94. The van der Waals surface area contributed by atoms with E-state index in [9.17, 15) is 0 Å². The maximum atomic E-state index is 5.94. The average molecular weight is 336 g/mol. The molecule has 0 saturated heterocycles. The van der Waals surface area contributed by atoms with E-state index < -0.39 is 0 Å². The summed E-state index contributed by atoms with van der Waals surface area (Å²) in [6.07, 6.45) is 3.03. The third-order valence-corrected chi connectivity index (χ3v) is 5.21. The van der Waals surface area contributed by atoms with E-state index in [1.807, 2.05) is 0 Å². The molecule has 1 fully saturated rings. The van der Waals surface area contributed by atoms with Crippen LogP contribution in [0.25, 0.3) is 11.4 Å². The molecule has 0 amide bonds. The first-order valence-electron chi connectivity index (χ1n) is 6.91. The van der Waals surface area contributed by atoms with Crippen LogP contribution < -0.4 is 5.73 Å². The number of halogens is 1. The van der Waals surface area contributed by atoms with Crippen molar-refractivity contribution >= 4 is 15.9 Å². The van der Waals surface area contributed by atoms with Gasteiger partial charge in [-0.3, -0.25) is 0 Å². The van der Waals surface area contributed by atoms with Crippen LogP contribution in [-0.4, -0.2) is 16.2 Å². The van der Waals surface area contributed by atoms with Crippen molar-refractivity contribution in [1.82, 2.24) is 10.1 Å². The Morgan fingerprint density at radius 1 is 1.25 bits per heavy atom. The summed E-state index contributed by atoms with van der Waals surface area (Å²) in [4.78, 5) is 4.56. The Hall–Kier alpha value is -1.20. The van der Waals surface area contributed by atoms with Gasteiger partial charge < -0.3 is 10.3 Å². The molecule has 4 nitrogen and oxygen atoms in total. The quantitative estimate of drug-likeness (QED) is 0.908. The van der Waals surface area contributed by atoms with E-state index in [0.29, 0.717) is 11.7 Å². The molecule has 2 N–H and O–H groups in total. The molecule has 1 saturated carbocycles. The number of hydrogen-bond acceptors (Lipinski definition) is 4. The van der Waals surface area contributed by atoms with Crippen LogP contribution in [0, 0.1) is 13.8 Å². The SMILES string of the molecule is Cc1cc(-c2noc([C@@H]3CC[C@H](N)C3)n2)cc(C)c1Br. The lowest BCUT2D eigenvalue weighted by atomic mass is 10.1. The van der Waals surface area contributed by atoms with Gasteiger partial charge >= 0.3 is 0 Å². The molecule has 2 aromatic rings. The Labute approximate surface area is 126 Å². The molecular weight excluding hydrogens is 318 g/mol. The van der Waals surface area contributed by atoms with Crippen molar-refractivity contribution in [2.24, 2.45) is 5.73 Å². The van der Waals surface area contributed by atoms with Crippen molar-refractivity contribution in [3.05, 3.63) is 33.6 Å². The highest BCUT2D eigenvalue weighted by molar-refractivity contribution is 9.10. The van der Waals surface area contributed by atoms with Crippen LogP contribution in [0.3, 0.4) is 0 Å². The second-order valence-corrected chi connectivity index (χ2v) is 6.44. The largest absolute Gasteiger partial charge is 0.339 e. The molecule has 1 aliphatic rings. The second kappa shape index (κ2) is 5.30. The van der Waals surface area contributed by atoms with Crippen LogP contribution >= 0.6 is 15.9 Å². The Bertz CT molecular complexity index is 615. The Morgan fingerprint density at radius 2 is 1.95 bits per heavy atom. The molecule has 0 aliphatic heterocycles. The van der Waals surface area contributed by atoms with Gasteiger partial charge in [-0.15, -0.1) is 0 Å². The molecule has 0 bridgehead atoms. The fourth-order valence-corrected chi connectivity index (χ4v) is 3.06. The Kier molecular flexibility index (Phi) is 3.65. The van der Waals surface area contributed by atoms with Crippen molar-refractivity contribution < 1.29 is 4.52 Å². The lowest BCUT2D eigenvalue weighted by Crippen LogP contribution is -2.14. The molecule has 0 radical (unpaired) electrons. The molecule has 1 heterocycles. The van der Waals surface area contributed by atoms with E-state index >= 15 is 0 Å². The van der Waals surface area contributed by atoms with Gasteiger partial charge in [0.1, 0.15) is 0 Å². The van der Waals surface area contributed by atoms with Crippen molar-refractivity contribution in [1.29, 1.82) is 0 Å². The highest BCUT2D eigenvalue weighted by Gasteiger charge is 2.28. The summed E-state index contributed by atoms with van der Waals surface area (Å²) in [6, 6.07) is 4.42. The summed E-state index contributed by atoms with van der Waals surface area (Å²) < 4.78 is 6.56. The molecule has 1 aromatic heterocycles. The zero-order valence-corrected chi connectivity index (χ0v) is 13.3. The van der Waals surface area contributed by atoms with E-state index in [0.717, 1.165) is 35.2 Å². The average Bonchev–Trinajstić information content (AvgIpc) is 3.03. The summed E-state index contributed by atoms with van der Waals surface area (Å²) in [7, 11) is 0. The number of nitrogens with two attached hydrogens (primary N) is 1. The van der Waals surface area contributed by atoms with Crippen LogP contribution in [0.15, 0.2) is 21.1 Å². The van der Waals surface area contributed by atoms with Gasteiger partial charge in [-0.05, 0) is 56.4 Å². The Balaban J connectivity index is 1.90. The minimum Gasteiger partial charge on any atom is -0.339 e. The highest BCUT2D eigenvalue weighted by atomic mass is 79.9. The fraction of sp³-hybridized carbons (Fsp3) is 0.467. The van der Waals surface area contributed by atoms with Gasteiger partial charge in [0.15, 0.2) is 0 Å². The van der Waals surface area contributed by atoms with Crippen LogP contribution in [0.1, 0.15) is 42.2 Å². The number of benzene rings is 1. The molecule has 2 atom stereocenters. The smallest absolute Gasteiger partial charge is 0.230 e. The zero-order valence-electron chi connectivity index (χ0n) is 11.7. The normalized spacial score (nSPS) is 22.4.